The summed E-state index contributed by atoms with van der Waals surface area (Å²) in [6, 6.07) is 73.4. The number of nitrogens with zero attached hydrogens (tertiary/aromatic N) is 1. The Kier molecular flexibility index (Phi) is 7.11. The number of fused-ring (bicyclic) bond motifs is 10. The average molecular weight is 704 g/mol. The summed E-state index contributed by atoms with van der Waals surface area (Å²) in [5.74, 6) is 0. The molecule has 0 aliphatic rings. The minimum absolute atomic E-state index is 1.11. The van der Waals surface area contributed by atoms with E-state index in [2.05, 4.69) is 205 Å². The summed E-state index contributed by atoms with van der Waals surface area (Å²) in [6.45, 7) is 0. The predicted octanol–water partition coefficient (Wildman–Crippen LogP) is 15.5. The van der Waals surface area contributed by atoms with Crippen molar-refractivity contribution >= 4 is 91.7 Å². The molecule has 0 radical (unpaired) electrons. The Morgan fingerprint density at radius 2 is 0.907 bits per heavy atom. The maximum atomic E-state index is 2.43. The fourth-order valence-electron chi connectivity index (χ4n) is 8.49. The summed E-state index contributed by atoms with van der Waals surface area (Å²) in [7, 11) is 0. The van der Waals surface area contributed by atoms with Gasteiger partial charge in [-0.25, -0.2) is 0 Å². The Hall–Kier alpha value is -6.74. The Balaban J connectivity index is 1.11. The van der Waals surface area contributed by atoms with Crippen LogP contribution >= 0.6 is 11.3 Å². The van der Waals surface area contributed by atoms with E-state index in [-0.39, 0.29) is 0 Å². The van der Waals surface area contributed by atoms with Gasteiger partial charge in [0.2, 0.25) is 0 Å². The Morgan fingerprint density at radius 1 is 0.333 bits per heavy atom. The van der Waals surface area contributed by atoms with Crippen molar-refractivity contribution in [2.24, 2.45) is 0 Å². The van der Waals surface area contributed by atoms with E-state index in [1.54, 1.807) is 0 Å². The van der Waals surface area contributed by atoms with Crippen LogP contribution in [-0.2, 0) is 0 Å². The van der Waals surface area contributed by atoms with Gasteiger partial charge < -0.3 is 4.90 Å². The lowest BCUT2D eigenvalue weighted by Gasteiger charge is -2.28. The third-order valence-corrected chi connectivity index (χ3v) is 12.2. The van der Waals surface area contributed by atoms with Crippen LogP contribution in [0.3, 0.4) is 0 Å². The van der Waals surface area contributed by atoms with Crippen molar-refractivity contribution in [2.75, 3.05) is 4.90 Å². The molecule has 54 heavy (non-hydrogen) atoms. The zero-order chi connectivity index (χ0) is 35.6. The quantitative estimate of drug-likeness (QED) is 0.161. The molecule has 0 bridgehead atoms. The molecule has 11 rings (SSSR count). The molecule has 1 aromatic heterocycles. The SMILES string of the molecule is c1ccc(-c2ccccc2N(c2ccc(-c3cccc4ccc5ccc6ccccc6c5c34)cc2)c2ccc3c(c2)sc2c4ccccc4ccc32)cc1. The minimum Gasteiger partial charge on any atom is -0.310 e. The van der Waals surface area contributed by atoms with Gasteiger partial charge >= 0.3 is 0 Å². The molecule has 0 saturated carbocycles. The van der Waals surface area contributed by atoms with Crippen LogP contribution in [0.4, 0.5) is 17.1 Å². The topological polar surface area (TPSA) is 3.24 Å². The number of hydrogen-bond acceptors (Lipinski definition) is 2. The van der Waals surface area contributed by atoms with E-state index in [0.29, 0.717) is 0 Å². The highest BCUT2D eigenvalue weighted by Gasteiger charge is 2.19. The maximum absolute atomic E-state index is 2.43. The van der Waals surface area contributed by atoms with E-state index >= 15 is 0 Å². The lowest BCUT2D eigenvalue weighted by Crippen LogP contribution is -2.11. The van der Waals surface area contributed by atoms with Crippen LogP contribution < -0.4 is 4.90 Å². The van der Waals surface area contributed by atoms with E-state index in [9.17, 15) is 0 Å². The van der Waals surface area contributed by atoms with Crippen LogP contribution in [0.5, 0.6) is 0 Å². The largest absolute Gasteiger partial charge is 0.310 e. The summed E-state index contributed by atoms with van der Waals surface area (Å²) in [5.41, 5.74) is 8.23. The number of rotatable bonds is 5. The highest BCUT2D eigenvalue weighted by atomic mass is 32.1. The van der Waals surface area contributed by atoms with Crippen molar-refractivity contribution in [2.45, 2.75) is 0 Å². The fourth-order valence-corrected chi connectivity index (χ4v) is 9.77. The second-order valence-electron chi connectivity index (χ2n) is 14.1. The average Bonchev–Trinajstić information content (AvgIpc) is 3.63. The van der Waals surface area contributed by atoms with Gasteiger partial charge in [-0.1, -0.05) is 170 Å². The Labute approximate surface area is 317 Å². The molecule has 252 valence electrons. The standard InChI is InChI=1S/C52H33NS/c1-2-11-34(12-3-1)42-16-8-9-20-48(42)53(41-30-32-46-47-31-27-36-14-5-7-18-45(36)52(47)54-49(46)33-41)40-28-25-37(26-29-40)44-19-10-15-38-23-24-39-22-21-35-13-4-6-17-43(35)51(39)50(38)44/h1-33H. The van der Waals surface area contributed by atoms with E-state index < -0.39 is 0 Å². The molecule has 0 saturated heterocycles. The third-order valence-electron chi connectivity index (χ3n) is 11.0. The van der Waals surface area contributed by atoms with E-state index in [1.165, 1.54) is 85.5 Å². The second kappa shape index (κ2) is 12.4. The van der Waals surface area contributed by atoms with Gasteiger partial charge in [-0.05, 0) is 90.1 Å². The summed E-state index contributed by atoms with van der Waals surface area (Å²) in [6.07, 6.45) is 0. The van der Waals surface area contributed by atoms with Crippen molar-refractivity contribution in [1.82, 2.24) is 0 Å². The third kappa shape index (κ3) is 4.92. The molecule has 0 amide bonds. The number of benzene rings is 10. The molecule has 0 N–H and O–H groups in total. The minimum atomic E-state index is 1.11. The van der Waals surface area contributed by atoms with Crippen LogP contribution in [0.2, 0.25) is 0 Å². The molecule has 10 aromatic carbocycles. The first kappa shape index (κ1) is 30.8. The smallest absolute Gasteiger partial charge is 0.0540 e. The molecule has 0 spiro atoms. The molecule has 0 atom stereocenters. The van der Waals surface area contributed by atoms with Crippen molar-refractivity contribution in [3.05, 3.63) is 200 Å². The van der Waals surface area contributed by atoms with Crippen LogP contribution in [0.1, 0.15) is 0 Å². The van der Waals surface area contributed by atoms with Gasteiger partial charge in [0, 0.05) is 37.1 Å². The number of thiophene rings is 1. The predicted molar refractivity (Wildman–Crippen MR) is 235 cm³/mol. The number of anilines is 3. The van der Waals surface area contributed by atoms with Gasteiger partial charge in [-0.2, -0.15) is 0 Å². The lowest BCUT2D eigenvalue weighted by atomic mass is 9.91. The molecule has 0 aliphatic heterocycles. The number of para-hydroxylation sites is 1. The first-order valence-corrected chi connectivity index (χ1v) is 19.3. The molecule has 0 fully saturated rings. The van der Waals surface area contributed by atoms with Crippen molar-refractivity contribution < 1.29 is 0 Å². The molecule has 1 nitrogen and oxygen atoms in total. The Bertz CT molecular complexity index is 3210. The Morgan fingerprint density at radius 3 is 1.74 bits per heavy atom. The van der Waals surface area contributed by atoms with Gasteiger partial charge in [0.15, 0.2) is 0 Å². The lowest BCUT2D eigenvalue weighted by molar-refractivity contribution is 1.29. The van der Waals surface area contributed by atoms with E-state index in [0.717, 1.165) is 17.1 Å². The molecule has 0 aliphatic carbocycles. The second-order valence-corrected chi connectivity index (χ2v) is 15.1. The fraction of sp³-hybridized carbons (Fsp3) is 0. The normalized spacial score (nSPS) is 11.7. The van der Waals surface area contributed by atoms with Gasteiger partial charge in [-0.3, -0.25) is 0 Å². The first-order valence-electron chi connectivity index (χ1n) is 18.5. The van der Waals surface area contributed by atoms with Gasteiger partial charge in [0.25, 0.3) is 0 Å². The zero-order valence-corrected chi connectivity index (χ0v) is 30.2. The van der Waals surface area contributed by atoms with Crippen LogP contribution in [0, 0.1) is 0 Å². The monoisotopic (exact) mass is 703 g/mol. The van der Waals surface area contributed by atoms with Crippen LogP contribution in [0.15, 0.2) is 200 Å². The molecule has 11 aromatic rings. The van der Waals surface area contributed by atoms with Crippen molar-refractivity contribution in [3.63, 3.8) is 0 Å². The molecular formula is C52H33NS. The molecule has 1 heterocycles. The highest BCUT2D eigenvalue weighted by molar-refractivity contribution is 7.26. The zero-order valence-electron chi connectivity index (χ0n) is 29.4. The number of hydrogen-bond donors (Lipinski definition) is 0. The summed E-state index contributed by atoms with van der Waals surface area (Å²) >= 11 is 1.89. The van der Waals surface area contributed by atoms with Gasteiger partial charge in [0.05, 0.1) is 5.69 Å². The van der Waals surface area contributed by atoms with Crippen LogP contribution in [0.25, 0.3) is 85.5 Å². The maximum Gasteiger partial charge on any atom is 0.0540 e. The molecular weight excluding hydrogens is 671 g/mol. The molecule has 0 unspecified atom stereocenters. The summed E-state index contributed by atoms with van der Waals surface area (Å²) in [5, 5.41) is 12.9. The summed E-state index contributed by atoms with van der Waals surface area (Å²) < 4.78 is 2.63. The van der Waals surface area contributed by atoms with Gasteiger partial charge in [-0.15, -0.1) is 11.3 Å². The van der Waals surface area contributed by atoms with E-state index in [4.69, 9.17) is 0 Å². The highest BCUT2D eigenvalue weighted by Crippen LogP contribution is 2.46. The van der Waals surface area contributed by atoms with Crippen molar-refractivity contribution in [3.8, 4) is 22.3 Å². The van der Waals surface area contributed by atoms with E-state index in [1.807, 2.05) is 11.3 Å². The van der Waals surface area contributed by atoms with Crippen molar-refractivity contribution in [1.29, 1.82) is 0 Å². The van der Waals surface area contributed by atoms with Gasteiger partial charge in [0.1, 0.15) is 0 Å². The first-order chi connectivity index (χ1) is 26.8. The van der Waals surface area contributed by atoms with Crippen LogP contribution in [-0.4, -0.2) is 0 Å². The molecule has 2 heteroatoms. The summed E-state index contributed by atoms with van der Waals surface area (Å²) in [4.78, 5) is 2.43.